The molecule has 0 atom stereocenters. The summed E-state index contributed by atoms with van der Waals surface area (Å²) in [5, 5.41) is 12.8. The van der Waals surface area contributed by atoms with Crippen LogP contribution in [0, 0.1) is 6.92 Å². The second-order valence-corrected chi connectivity index (χ2v) is 9.17. The highest BCUT2D eigenvalue weighted by molar-refractivity contribution is 7.98. The molecule has 2 heterocycles. The van der Waals surface area contributed by atoms with Crippen molar-refractivity contribution in [3.8, 4) is 39.2 Å². The molecule has 0 aliphatic carbocycles. The highest BCUT2D eigenvalue weighted by Crippen LogP contribution is 2.41. The Morgan fingerprint density at radius 2 is 1.79 bits per heavy atom. The minimum atomic E-state index is 0.533. The van der Waals surface area contributed by atoms with Crippen LogP contribution < -0.4 is 14.2 Å². The van der Waals surface area contributed by atoms with E-state index in [-0.39, 0.29) is 0 Å². The molecule has 0 spiro atoms. The molecule has 0 fully saturated rings. The van der Waals surface area contributed by atoms with Gasteiger partial charge in [0, 0.05) is 28.8 Å². The van der Waals surface area contributed by atoms with E-state index in [2.05, 4.69) is 41.2 Å². The average Bonchev–Trinajstić information content (AvgIpc) is 3.49. The van der Waals surface area contributed by atoms with Crippen LogP contribution >= 0.6 is 23.1 Å². The molecule has 2 aromatic heterocycles. The van der Waals surface area contributed by atoms with Crippen LogP contribution in [-0.2, 0) is 12.3 Å². The predicted molar refractivity (Wildman–Crippen MR) is 137 cm³/mol. The van der Waals surface area contributed by atoms with Crippen molar-refractivity contribution < 1.29 is 14.2 Å². The third-order valence-corrected chi connectivity index (χ3v) is 7.15. The number of ether oxygens (including phenoxy) is 3. The molecule has 0 N–H and O–H groups in total. The number of allylic oxidation sites excluding steroid dienone is 1. The van der Waals surface area contributed by atoms with Crippen LogP contribution in [0.1, 0.15) is 11.3 Å². The molecule has 9 heteroatoms. The molecular weight excluding hydrogens is 468 g/mol. The average molecular weight is 495 g/mol. The summed E-state index contributed by atoms with van der Waals surface area (Å²) < 4.78 is 18.5. The van der Waals surface area contributed by atoms with Crippen LogP contribution in [-0.4, -0.2) is 41.1 Å². The van der Waals surface area contributed by atoms with Gasteiger partial charge in [-0.25, -0.2) is 4.98 Å². The summed E-state index contributed by atoms with van der Waals surface area (Å²) >= 11 is 3.25. The molecule has 0 radical (unpaired) electrons. The third kappa shape index (κ3) is 4.80. The van der Waals surface area contributed by atoms with Crippen molar-refractivity contribution in [3.05, 3.63) is 65.7 Å². The Balaban J connectivity index is 1.61. The molecule has 0 aliphatic heterocycles. The van der Waals surface area contributed by atoms with Crippen molar-refractivity contribution in [1.82, 2.24) is 19.7 Å². The van der Waals surface area contributed by atoms with E-state index in [1.165, 1.54) is 11.1 Å². The molecule has 0 bridgehead atoms. The summed E-state index contributed by atoms with van der Waals surface area (Å²) in [7, 11) is 4.77. The van der Waals surface area contributed by atoms with Gasteiger partial charge in [0.1, 0.15) is 5.01 Å². The maximum absolute atomic E-state index is 5.51. The van der Waals surface area contributed by atoms with Gasteiger partial charge in [-0.1, -0.05) is 42.1 Å². The van der Waals surface area contributed by atoms with Gasteiger partial charge in [0.25, 0.3) is 0 Å². The Bertz CT molecular complexity index is 1270. The molecular formula is C25H26N4O3S2. The molecule has 0 amide bonds. The van der Waals surface area contributed by atoms with Gasteiger partial charge in [-0.15, -0.1) is 28.1 Å². The van der Waals surface area contributed by atoms with E-state index in [1.807, 2.05) is 34.9 Å². The van der Waals surface area contributed by atoms with Gasteiger partial charge in [-0.2, -0.15) is 0 Å². The normalized spacial score (nSPS) is 10.8. The lowest BCUT2D eigenvalue weighted by molar-refractivity contribution is 0.324. The Morgan fingerprint density at radius 1 is 1.06 bits per heavy atom. The van der Waals surface area contributed by atoms with Crippen LogP contribution in [0.2, 0.25) is 0 Å². The predicted octanol–water partition coefficient (Wildman–Crippen LogP) is 5.88. The van der Waals surface area contributed by atoms with Crippen LogP contribution in [0.3, 0.4) is 0 Å². The summed E-state index contributed by atoms with van der Waals surface area (Å²) in [6.45, 7) is 6.57. The van der Waals surface area contributed by atoms with E-state index in [0.29, 0.717) is 35.4 Å². The molecule has 7 nitrogen and oxygen atoms in total. The van der Waals surface area contributed by atoms with E-state index in [4.69, 9.17) is 19.2 Å². The van der Waals surface area contributed by atoms with E-state index in [1.54, 1.807) is 44.4 Å². The van der Waals surface area contributed by atoms with Crippen molar-refractivity contribution in [2.24, 2.45) is 0 Å². The minimum Gasteiger partial charge on any atom is -0.493 e. The molecule has 34 heavy (non-hydrogen) atoms. The Hall–Kier alpha value is -3.30. The van der Waals surface area contributed by atoms with Crippen molar-refractivity contribution in [2.45, 2.75) is 24.4 Å². The number of rotatable bonds is 10. The Morgan fingerprint density at radius 3 is 2.44 bits per heavy atom. The minimum absolute atomic E-state index is 0.533. The highest BCUT2D eigenvalue weighted by Gasteiger charge is 2.20. The number of nitrogens with zero attached hydrogens (tertiary/aromatic N) is 4. The van der Waals surface area contributed by atoms with Gasteiger partial charge in [0.2, 0.25) is 5.75 Å². The zero-order chi connectivity index (χ0) is 24.1. The number of methoxy groups -OCH3 is 3. The summed E-state index contributed by atoms with van der Waals surface area (Å²) in [6.07, 6.45) is 1.83. The van der Waals surface area contributed by atoms with E-state index in [9.17, 15) is 0 Å². The number of benzene rings is 2. The summed E-state index contributed by atoms with van der Waals surface area (Å²) in [6, 6.07) is 12.0. The first-order chi connectivity index (χ1) is 16.6. The van der Waals surface area contributed by atoms with Gasteiger partial charge in [0.05, 0.1) is 27.0 Å². The summed E-state index contributed by atoms with van der Waals surface area (Å²) in [5.41, 5.74) is 4.21. The van der Waals surface area contributed by atoms with Crippen LogP contribution in [0.4, 0.5) is 0 Å². The number of hydrogen-bond donors (Lipinski definition) is 0. The van der Waals surface area contributed by atoms with Crippen molar-refractivity contribution in [2.75, 3.05) is 21.3 Å². The number of thiazole rings is 1. The van der Waals surface area contributed by atoms with Gasteiger partial charge in [-0.05, 0) is 24.6 Å². The maximum Gasteiger partial charge on any atom is 0.203 e. The highest BCUT2D eigenvalue weighted by atomic mass is 32.2. The molecule has 4 aromatic rings. The van der Waals surface area contributed by atoms with E-state index >= 15 is 0 Å². The Labute approximate surface area is 207 Å². The second-order valence-electron chi connectivity index (χ2n) is 7.37. The SMILES string of the molecule is C=CCn1c(SCc2csc(-c3ccccc3C)n2)nnc1-c1cc(OC)c(OC)c(OC)c1. The number of aryl methyl sites for hydroxylation is 1. The quantitative estimate of drug-likeness (QED) is 0.201. The number of thioether (sulfide) groups is 1. The summed E-state index contributed by atoms with van der Waals surface area (Å²) in [4.78, 5) is 4.83. The molecule has 0 saturated heterocycles. The van der Waals surface area contributed by atoms with E-state index in [0.717, 1.165) is 21.4 Å². The van der Waals surface area contributed by atoms with Crippen molar-refractivity contribution >= 4 is 23.1 Å². The third-order valence-electron chi connectivity index (χ3n) is 5.23. The molecule has 2 aromatic carbocycles. The van der Waals surface area contributed by atoms with Crippen LogP contribution in [0.5, 0.6) is 17.2 Å². The van der Waals surface area contributed by atoms with Crippen LogP contribution in [0.15, 0.2) is 59.6 Å². The molecule has 176 valence electrons. The lowest BCUT2D eigenvalue weighted by Crippen LogP contribution is -2.02. The van der Waals surface area contributed by atoms with Gasteiger partial charge >= 0.3 is 0 Å². The van der Waals surface area contributed by atoms with E-state index < -0.39 is 0 Å². The lowest BCUT2D eigenvalue weighted by atomic mass is 10.1. The molecule has 4 rings (SSSR count). The zero-order valence-electron chi connectivity index (χ0n) is 19.6. The molecule has 0 aliphatic rings. The zero-order valence-corrected chi connectivity index (χ0v) is 21.2. The topological polar surface area (TPSA) is 71.3 Å². The fourth-order valence-corrected chi connectivity index (χ4v) is 5.42. The summed E-state index contributed by atoms with van der Waals surface area (Å²) in [5.74, 6) is 3.04. The first-order valence-electron chi connectivity index (χ1n) is 10.6. The second kappa shape index (κ2) is 10.8. The Kier molecular flexibility index (Phi) is 7.54. The van der Waals surface area contributed by atoms with Crippen LogP contribution in [0.25, 0.3) is 22.0 Å². The maximum atomic E-state index is 5.51. The first-order valence-corrected chi connectivity index (χ1v) is 12.4. The standard InChI is InChI=1S/C25H26N4O3S2/c1-6-11-29-23(17-12-20(30-3)22(32-5)21(13-17)31-4)27-28-25(29)34-15-18-14-33-24(26-18)19-10-8-7-9-16(19)2/h6-10,12-14H,1,11,15H2,2-5H3. The molecule has 0 saturated carbocycles. The first kappa shape index (κ1) is 23.8. The van der Waals surface area contributed by atoms with Gasteiger partial charge in [-0.3, -0.25) is 4.57 Å². The van der Waals surface area contributed by atoms with Crippen molar-refractivity contribution in [1.29, 1.82) is 0 Å². The largest absolute Gasteiger partial charge is 0.493 e. The van der Waals surface area contributed by atoms with Crippen molar-refractivity contribution in [3.63, 3.8) is 0 Å². The number of hydrogen-bond acceptors (Lipinski definition) is 8. The fraction of sp³-hybridized carbons (Fsp3) is 0.240. The van der Waals surface area contributed by atoms with Gasteiger partial charge in [0.15, 0.2) is 22.5 Å². The smallest absolute Gasteiger partial charge is 0.203 e. The number of aromatic nitrogens is 4. The lowest BCUT2D eigenvalue weighted by Gasteiger charge is -2.14. The van der Waals surface area contributed by atoms with Gasteiger partial charge < -0.3 is 14.2 Å². The molecule has 0 unspecified atom stereocenters. The monoisotopic (exact) mass is 494 g/mol. The fourth-order valence-electron chi connectivity index (χ4n) is 3.56.